The number of nitrogens with zero attached hydrogens (tertiary/aromatic N) is 4. The van der Waals surface area contributed by atoms with Gasteiger partial charge in [-0.3, -0.25) is 19.6 Å². The first-order valence-corrected chi connectivity index (χ1v) is 14.7. The molecule has 0 fully saturated rings. The van der Waals surface area contributed by atoms with Crippen LogP contribution in [0.3, 0.4) is 0 Å². The number of anilines is 4. The van der Waals surface area contributed by atoms with Gasteiger partial charge in [0.15, 0.2) is 0 Å². The van der Waals surface area contributed by atoms with Gasteiger partial charge in [0.1, 0.15) is 5.75 Å². The van der Waals surface area contributed by atoms with Crippen LogP contribution in [0.25, 0.3) is 21.7 Å². The molecule has 0 saturated carbocycles. The number of methoxy groups -OCH3 is 1. The topological polar surface area (TPSA) is 131 Å². The van der Waals surface area contributed by atoms with Gasteiger partial charge >= 0.3 is 0 Å². The summed E-state index contributed by atoms with van der Waals surface area (Å²) in [7, 11) is 1.62. The molecule has 0 unspecified atom stereocenters. The van der Waals surface area contributed by atoms with E-state index in [4.69, 9.17) is 4.74 Å². The number of carbonyl (C=O) groups excluding carboxylic acids is 2. The number of ether oxygens (including phenoxy) is 1. The van der Waals surface area contributed by atoms with E-state index in [1.165, 1.54) is 23.7 Å². The molecule has 45 heavy (non-hydrogen) atoms. The summed E-state index contributed by atoms with van der Waals surface area (Å²) in [6, 6.07) is 24.0. The molecule has 2 aromatic carbocycles. The molecule has 0 saturated heterocycles. The van der Waals surface area contributed by atoms with E-state index in [9.17, 15) is 9.59 Å². The van der Waals surface area contributed by atoms with E-state index >= 15 is 0 Å². The highest BCUT2D eigenvalue weighted by molar-refractivity contribution is 7.17. The molecule has 222 valence electrons. The summed E-state index contributed by atoms with van der Waals surface area (Å²) in [5, 5.41) is 8.99. The summed E-state index contributed by atoms with van der Waals surface area (Å²) < 4.78 is 5.22. The number of hydrogen-bond acceptors (Lipinski definition) is 9. The molecule has 0 spiro atoms. The second kappa shape index (κ2) is 13.1. The summed E-state index contributed by atoms with van der Waals surface area (Å²) in [6.45, 7) is 1.95. The van der Waals surface area contributed by atoms with Crippen molar-refractivity contribution in [3.8, 4) is 27.4 Å². The van der Waals surface area contributed by atoms with Crippen molar-refractivity contribution < 1.29 is 14.3 Å². The van der Waals surface area contributed by atoms with Crippen LogP contribution in [0.15, 0.2) is 110 Å². The average molecular weight is 614 g/mol. The summed E-state index contributed by atoms with van der Waals surface area (Å²) in [5.41, 5.74) is 5.54. The Hall–Kier alpha value is -5.94. The highest BCUT2D eigenvalue weighted by Crippen LogP contribution is 2.30. The van der Waals surface area contributed by atoms with Crippen molar-refractivity contribution in [1.82, 2.24) is 19.9 Å². The minimum absolute atomic E-state index is 0.289. The number of carbonyl (C=O) groups is 2. The molecule has 2 amide bonds. The second-order valence-corrected chi connectivity index (χ2v) is 11.0. The third kappa shape index (κ3) is 7.00. The third-order valence-electron chi connectivity index (χ3n) is 6.82. The molecule has 0 atom stereocenters. The number of amides is 2. The Balaban J connectivity index is 1.12. The molecule has 0 aliphatic carbocycles. The fourth-order valence-corrected chi connectivity index (χ4v) is 5.35. The quantitative estimate of drug-likeness (QED) is 0.156. The van der Waals surface area contributed by atoms with Gasteiger partial charge in [0, 0.05) is 46.6 Å². The molecule has 4 aromatic heterocycles. The zero-order chi connectivity index (χ0) is 31.2. The third-order valence-corrected chi connectivity index (χ3v) is 7.95. The SMILES string of the molecule is COc1ccc(-c2ccc(C(=O)Nc3cncc(C(=O)Nc4ccc(C)c(Nc5nccc(-c6cccnc6)n5)c4)c3)s2)cc1. The normalized spacial score (nSPS) is 10.6. The Morgan fingerprint density at radius 1 is 0.778 bits per heavy atom. The molecule has 3 N–H and O–H groups in total. The number of nitrogens with one attached hydrogen (secondary N) is 3. The molecule has 11 heteroatoms. The average Bonchev–Trinajstić information content (AvgIpc) is 3.58. The van der Waals surface area contributed by atoms with Crippen LogP contribution in [0, 0.1) is 6.92 Å². The molecule has 0 aliphatic heterocycles. The van der Waals surface area contributed by atoms with E-state index in [1.54, 1.807) is 37.8 Å². The number of benzene rings is 2. The number of hydrogen-bond donors (Lipinski definition) is 3. The van der Waals surface area contributed by atoms with Crippen LogP contribution in [0.2, 0.25) is 0 Å². The van der Waals surface area contributed by atoms with Gasteiger partial charge in [-0.2, -0.15) is 0 Å². The lowest BCUT2D eigenvalue weighted by molar-refractivity contribution is 0.101. The van der Waals surface area contributed by atoms with Gasteiger partial charge in [-0.25, -0.2) is 9.97 Å². The second-order valence-electron chi connectivity index (χ2n) is 9.92. The highest BCUT2D eigenvalue weighted by atomic mass is 32.1. The largest absolute Gasteiger partial charge is 0.497 e. The smallest absolute Gasteiger partial charge is 0.265 e. The van der Waals surface area contributed by atoms with Crippen LogP contribution in [-0.4, -0.2) is 38.9 Å². The van der Waals surface area contributed by atoms with Gasteiger partial charge in [0.05, 0.1) is 35.1 Å². The van der Waals surface area contributed by atoms with E-state index in [2.05, 4.69) is 35.9 Å². The Morgan fingerprint density at radius 2 is 1.62 bits per heavy atom. The lowest BCUT2D eigenvalue weighted by Crippen LogP contribution is -2.15. The van der Waals surface area contributed by atoms with Gasteiger partial charge in [-0.15, -0.1) is 11.3 Å². The minimum Gasteiger partial charge on any atom is -0.497 e. The monoisotopic (exact) mass is 613 g/mol. The molecule has 4 heterocycles. The summed E-state index contributed by atoms with van der Waals surface area (Å²) in [5.74, 6) is 0.517. The van der Waals surface area contributed by atoms with Gasteiger partial charge in [-0.1, -0.05) is 6.07 Å². The van der Waals surface area contributed by atoms with E-state index < -0.39 is 0 Å². The molecule has 0 aliphatic rings. The van der Waals surface area contributed by atoms with Crippen LogP contribution in [-0.2, 0) is 0 Å². The fourth-order valence-electron chi connectivity index (χ4n) is 4.45. The molecule has 10 nitrogen and oxygen atoms in total. The predicted octanol–water partition coefficient (Wildman–Crippen LogP) is 7.23. The van der Waals surface area contributed by atoms with Crippen LogP contribution >= 0.6 is 11.3 Å². The summed E-state index contributed by atoms with van der Waals surface area (Å²) in [4.78, 5) is 44.9. The number of rotatable bonds is 9. The molecule has 6 rings (SSSR count). The maximum absolute atomic E-state index is 13.2. The van der Waals surface area contributed by atoms with Crippen molar-refractivity contribution in [3.05, 3.63) is 126 Å². The first kappa shape index (κ1) is 29.1. The van der Waals surface area contributed by atoms with Crippen molar-refractivity contribution in [2.45, 2.75) is 6.92 Å². The van der Waals surface area contributed by atoms with Crippen molar-refractivity contribution in [3.63, 3.8) is 0 Å². The molecule has 0 radical (unpaired) electrons. The zero-order valence-electron chi connectivity index (χ0n) is 24.3. The van der Waals surface area contributed by atoms with Gasteiger partial charge in [0.25, 0.3) is 11.8 Å². The van der Waals surface area contributed by atoms with E-state index in [-0.39, 0.29) is 11.8 Å². The first-order valence-electron chi connectivity index (χ1n) is 13.9. The molecule has 6 aromatic rings. The minimum atomic E-state index is -0.374. The van der Waals surface area contributed by atoms with Crippen molar-refractivity contribution in [1.29, 1.82) is 0 Å². The number of thiophene rings is 1. The van der Waals surface area contributed by atoms with Crippen LogP contribution in [0.4, 0.5) is 23.0 Å². The summed E-state index contributed by atoms with van der Waals surface area (Å²) >= 11 is 1.37. The fraction of sp³-hybridized carbons (Fsp3) is 0.0588. The van der Waals surface area contributed by atoms with E-state index in [0.29, 0.717) is 27.8 Å². The maximum atomic E-state index is 13.2. The van der Waals surface area contributed by atoms with Crippen molar-refractivity contribution in [2.24, 2.45) is 0 Å². The zero-order valence-corrected chi connectivity index (χ0v) is 25.1. The lowest BCUT2D eigenvalue weighted by atomic mass is 10.1. The standard InChI is InChI=1S/C34H27N7O3S/c1-21-5-8-25(17-29(21)41-34-37-15-13-28(40-34)23-4-3-14-35-18-23)38-32(42)24-16-26(20-36-19-24)39-33(43)31-12-11-30(45-31)22-6-9-27(44-2)10-7-22/h3-20H,1-2H3,(H,38,42)(H,39,43)(H,37,40,41). The molecular formula is C34H27N7O3S. The van der Waals surface area contributed by atoms with Crippen molar-refractivity contribution in [2.75, 3.05) is 23.1 Å². The van der Waals surface area contributed by atoms with Crippen LogP contribution < -0.4 is 20.7 Å². The highest BCUT2D eigenvalue weighted by Gasteiger charge is 2.14. The molecule has 0 bridgehead atoms. The van der Waals surface area contributed by atoms with Gasteiger partial charge in [0.2, 0.25) is 5.95 Å². The van der Waals surface area contributed by atoms with E-state index in [0.717, 1.165) is 38.7 Å². The lowest BCUT2D eigenvalue weighted by Gasteiger charge is -2.12. The summed E-state index contributed by atoms with van der Waals surface area (Å²) in [6.07, 6.45) is 8.07. The van der Waals surface area contributed by atoms with Gasteiger partial charge in [-0.05, 0) is 90.8 Å². The number of aromatic nitrogens is 4. The number of pyridine rings is 2. The number of aryl methyl sites for hydroxylation is 1. The van der Waals surface area contributed by atoms with Crippen molar-refractivity contribution >= 4 is 46.2 Å². The maximum Gasteiger partial charge on any atom is 0.265 e. The Kier molecular flexibility index (Phi) is 8.51. The van der Waals surface area contributed by atoms with Gasteiger partial charge < -0.3 is 20.7 Å². The van der Waals surface area contributed by atoms with E-state index in [1.807, 2.05) is 73.7 Å². The molecular weight excluding hydrogens is 586 g/mol. The first-order chi connectivity index (χ1) is 21.9. The predicted molar refractivity (Wildman–Crippen MR) is 176 cm³/mol. The Bertz CT molecular complexity index is 1980. The Labute approximate surface area is 263 Å². The Morgan fingerprint density at radius 3 is 2.42 bits per heavy atom. The van der Waals surface area contributed by atoms with Crippen LogP contribution in [0.5, 0.6) is 5.75 Å². The van der Waals surface area contributed by atoms with Crippen LogP contribution in [0.1, 0.15) is 25.6 Å².